The number of alkyl carbamates (subject to hydrolysis) is 3. The summed E-state index contributed by atoms with van der Waals surface area (Å²) in [5, 5.41) is 43.3. The average molecular weight is 1540 g/mol. The molecule has 3 aromatic carbocycles. The molecular formula is C67H90N8O33. The van der Waals surface area contributed by atoms with E-state index >= 15 is 0 Å². The van der Waals surface area contributed by atoms with E-state index < -0.39 is 74.8 Å². The second-order valence-electron chi connectivity index (χ2n) is 22.9. The third-order valence-corrected chi connectivity index (χ3v) is 15.3. The highest BCUT2D eigenvalue weighted by atomic mass is 16.7. The van der Waals surface area contributed by atoms with E-state index in [0.717, 1.165) is 0 Å². The molecule has 5 rings (SSSR count). The van der Waals surface area contributed by atoms with Crippen LogP contribution in [0.15, 0.2) is 84.9 Å². The van der Waals surface area contributed by atoms with Gasteiger partial charge in [0, 0.05) is 105 Å². The quantitative estimate of drug-likeness (QED) is 0.0104. The van der Waals surface area contributed by atoms with Gasteiger partial charge in [0.15, 0.2) is 0 Å². The second-order valence-corrected chi connectivity index (χ2v) is 22.9. The van der Waals surface area contributed by atoms with Crippen molar-refractivity contribution in [1.29, 1.82) is 0 Å². The molecule has 0 unspecified atom stereocenters. The van der Waals surface area contributed by atoms with Gasteiger partial charge in [0.05, 0.1) is 154 Å². The van der Waals surface area contributed by atoms with Crippen molar-refractivity contribution in [2.45, 2.75) is 50.5 Å². The lowest BCUT2D eigenvalue weighted by Gasteiger charge is -2.37. The lowest BCUT2D eigenvalue weighted by atomic mass is 9.80. The highest BCUT2D eigenvalue weighted by Gasteiger charge is 2.38. The predicted molar refractivity (Wildman–Crippen MR) is 367 cm³/mol. The summed E-state index contributed by atoms with van der Waals surface area (Å²) in [6, 6.07) is 14.6. The molecule has 6 amide bonds. The monoisotopic (exact) mass is 1530 g/mol. The van der Waals surface area contributed by atoms with Gasteiger partial charge in [0.25, 0.3) is 28.9 Å². The Bertz CT molecular complexity index is 2990. The summed E-state index contributed by atoms with van der Waals surface area (Å²) >= 11 is 0. The Labute approximate surface area is 618 Å². The summed E-state index contributed by atoms with van der Waals surface area (Å²) in [5.74, 6) is -1.59. The average Bonchev–Trinajstić information content (AvgIpc) is 1.26. The Morgan fingerprint density at radius 3 is 0.917 bits per heavy atom. The van der Waals surface area contributed by atoms with Crippen LogP contribution in [0.1, 0.15) is 44.9 Å². The Kier molecular flexibility index (Phi) is 42.8. The molecule has 596 valence electrons. The number of benzene rings is 3. The van der Waals surface area contributed by atoms with Gasteiger partial charge in [-0.1, -0.05) is 0 Å². The van der Waals surface area contributed by atoms with Crippen LogP contribution >= 0.6 is 0 Å². The summed E-state index contributed by atoms with van der Waals surface area (Å²) in [5.41, 5.74) is -1.85. The molecule has 3 aromatic rings. The maximum Gasteiger partial charge on any atom is 0.513 e. The van der Waals surface area contributed by atoms with Crippen LogP contribution in [0.4, 0.5) is 45.8 Å². The van der Waals surface area contributed by atoms with E-state index in [2.05, 4.69) is 21.3 Å². The van der Waals surface area contributed by atoms with Crippen molar-refractivity contribution in [3.8, 4) is 17.2 Å². The fourth-order valence-corrected chi connectivity index (χ4v) is 9.71. The molecule has 0 spiro atoms. The van der Waals surface area contributed by atoms with Gasteiger partial charge in [0.1, 0.15) is 37.1 Å². The van der Waals surface area contributed by atoms with Gasteiger partial charge in [0.2, 0.25) is 5.91 Å². The van der Waals surface area contributed by atoms with Crippen LogP contribution in [0.2, 0.25) is 0 Å². The largest absolute Gasteiger partial charge is 0.513 e. The lowest BCUT2D eigenvalue weighted by molar-refractivity contribution is -0.385. The van der Waals surface area contributed by atoms with Gasteiger partial charge in [-0.15, -0.1) is 0 Å². The number of imide groups is 1. The highest BCUT2D eigenvalue weighted by molar-refractivity contribution is 6.12. The number of non-ortho nitro benzene ring substituents is 3. The number of rotatable bonds is 55. The number of nitro benzene ring substituents is 3. The highest BCUT2D eigenvalue weighted by Crippen LogP contribution is 2.32. The maximum atomic E-state index is 14.4. The zero-order valence-electron chi connectivity index (χ0n) is 59.2. The van der Waals surface area contributed by atoms with Gasteiger partial charge in [-0.2, -0.15) is 0 Å². The van der Waals surface area contributed by atoms with Crippen LogP contribution in [-0.4, -0.2) is 264 Å². The summed E-state index contributed by atoms with van der Waals surface area (Å²) in [4.78, 5) is 146. The molecule has 41 nitrogen and oxygen atoms in total. The summed E-state index contributed by atoms with van der Waals surface area (Å²) in [6.45, 7) is 1.38. The predicted octanol–water partition coefficient (Wildman–Crippen LogP) is 5.44. The van der Waals surface area contributed by atoms with Crippen molar-refractivity contribution in [2.24, 2.45) is 11.8 Å². The first-order valence-electron chi connectivity index (χ1n) is 34.3. The maximum absolute atomic E-state index is 14.4. The van der Waals surface area contributed by atoms with Crippen LogP contribution in [0.5, 0.6) is 17.2 Å². The van der Waals surface area contributed by atoms with E-state index in [4.69, 9.17) is 85.3 Å². The third kappa shape index (κ3) is 38.7. The number of carbonyl (C=O) groups excluding carboxylic acids is 9. The fraction of sp³-hybridized carbons (Fsp3) is 0.567. The topological polar surface area (TPSA) is 501 Å². The molecule has 2 aliphatic rings. The van der Waals surface area contributed by atoms with E-state index in [1.807, 2.05) is 0 Å². The number of nitrogens with one attached hydrogen (secondary N) is 4. The molecule has 1 saturated carbocycles. The van der Waals surface area contributed by atoms with Crippen molar-refractivity contribution in [3.63, 3.8) is 0 Å². The van der Waals surface area contributed by atoms with Crippen molar-refractivity contribution < 1.29 is 143 Å². The Morgan fingerprint density at radius 1 is 0.370 bits per heavy atom. The molecule has 4 N–H and O–H groups in total. The van der Waals surface area contributed by atoms with Crippen LogP contribution in [0.3, 0.4) is 0 Å². The van der Waals surface area contributed by atoms with E-state index in [0.29, 0.717) is 25.7 Å². The van der Waals surface area contributed by atoms with Crippen molar-refractivity contribution in [3.05, 3.63) is 115 Å². The Morgan fingerprint density at radius 2 is 0.639 bits per heavy atom. The van der Waals surface area contributed by atoms with Crippen molar-refractivity contribution >= 4 is 71.5 Å². The van der Waals surface area contributed by atoms with Crippen molar-refractivity contribution in [2.75, 3.05) is 185 Å². The third-order valence-electron chi connectivity index (χ3n) is 15.3. The minimum absolute atomic E-state index is 0.0295. The van der Waals surface area contributed by atoms with Crippen LogP contribution in [0, 0.1) is 42.2 Å². The molecule has 0 bridgehead atoms. The van der Waals surface area contributed by atoms with Gasteiger partial charge in [-0.25, -0.2) is 28.8 Å². The van der Waals surface area contributed by atoms with Gasteiger partial charge in [-0.3, -0.25) is 49.6 Å². The molecule has 0 atom stereocenters. The first-order chi connectivity index (χ1) is 52.3. The molecule has 0 aromatic heterocycles. The lowest BCUT2D eigenvalue weighted by Crippen LogP contribution is -2.53. The Hall–Kier alpha value is -10.5. The van der Waals surface area contributed by atoms with Crippen molar-refractivity contribution in [1.82, 2.24) is 26.2 Å². The summed E-state index contributed by atoms with van der Waals surface area (Å²) < 4.78 is 95.5. The van der Waals surface area contributed by atoms with E-state index in [1.54, 1.807) is 0 Å². The molecule has 0 saturated heterocycles. The van der Waals surface area contributed by atoms with E-state index in [1.165, 1.54) is 89.8 Å². The molecule has 1 fully saturated rings. The summed E-state index contributed by atoms with van der Waals surface area (Å²) in [7, 11) is 0. The molecule has 1 aliphatic carbocycles. The number of carbonyl (C=O) groups is 9. The number of hydrogen-bond donors (Lipinski definition) is 4. The molecular weight excluding hydrogens is 1440 g/mol. The van der Waals surface area contributed by atoms with Gasteiger partial charge >= 0.3 is 36.7 Å². The molecule has 1 heterocycles. The van der Waals surface area contributed by atoms with Gasteiger partial charge < -0.3 is 107 Å². The molecule has 1 aliphatic heterocycles. The zero-order chi connectivity index (χ0) is 77.8. The zero-order valence-corrected chi connectivity index (χ0v) is 59.2. The Balaban J connectivity index is 1.03. The number of nitro groups is 3. The minimum atomic E-state index is -1.34. The number of hydrogen-bond acceptors (Lipinski definition) is 33. The van der Waals surface area contributed by atoms with E-state index in [-0.39, 0.29) is 250 Å². The number of amides is 6. The standard InChI is InChI=1S/C67H90N8O33/c76-58-17-18-59(77)72(58)49-50-1-3-51(4-2-50)60(78)71-67(19-25-100-61(79)68-22-28-91-31-34-94-37-40-97-43-46-103-64(82)106-55-11-5-52(6-12-55)73(85)86,20-26-101-62(80)69-23-29-92-32-35-95-38-41-98-44-47-104-65(83)107-56-13-7-53(8-14-56)74(87)88)21-27-102-63(81)70-24-30-93-33-36-96-39-42-99-45-48-105-66(84)108-57-15-9-54(10-16-57)75(89)90/h5-18,50-51H,1-4,19-49H2,(H,68,79)(H,69,80)(H,70,81)(H,71,78). The summed E-state index contributed by atoms with van der Waals surface area (Å²) in [6.07, 6.45) is -1.46. The smallest absolute Gasteiger partial charge is 0.449 e. The number of ether oxygens (including phenoxy) is 18. The van der Waals surface area contributed by atoms with E-state index in [9.17, 15) is 73.5 Å². The second kappa shape index (κ2) is 52.5. The first-order valence-corrected chi connectivity index (χ1v) is 34.3. The van der Waals surface area contributed by atoms with Crippen LogP contribution < -0.4 is 35.5 Å². The number of nitrogens with zero attached hydrogens (tertiary/aromatic N) is 4. The van der Waals surface area contributed by atoms with Crippen LogP contribution in [-0.2, 0) is 85.4 Å². The molecule has 108 heavy (non-hydrogen) atoms. The normalized spacial score (nSPS) is 13.9. The molecule has 41 heteroatoms. The first kappa shape index (κ1) is 88.1. The molecule has 0 radical (unpaired) electrons. The fourth-order valence-electron chi connectivity index (χ4n) is 9.71. The van der Waals surface area contributed by atoms with Crippen LogP contribution in [0.25, 0.3) is 0 Å². The SMILES string of the molecule is O=C(NCCOCCOCCOCCOC(=O)Oc1ccc([N+](=O)[O-])cc1)OCCC(CCOC(=O)NCCOCCOCCOCCOC(=O)Oc1ccc([N+](=O)[O-])cc1)(CCOC(=O)NCCOCCOCCOCCOC(=O)Oc1ccc([N+](=O)[O-])cc1)NC(=O)C1CCC(CN2C(=O)C=CC2=O)CC1. The minimum Gasteiger partial charge on any atom is -0.449 e. The van der Waals surface area contributed by atoms with Gasteiger partial charge in [-0.05, 0) is 68.0 Å².